The Morgan fingerprint density at radius 3 is 2.42 bits per heavy atom. The molecule has 7 nitrogen and oxygen atoms in total. The number of nitrogens with one attached hydrogen (secondary N) is 1. The summed E-state index contributed by atoms with van der Waals surface area (Å²) in [5.74, 6) is -1.39. The first-order valence-electron chi connectivity index (χ1n) is 8.78. The van der Waals surface area contributed by atoms with E-state index < -0.39 is 23.7 Å². The normalized spacial score (nSPS) is 11.8. The number of fused-ring (bicyclic) bond motifs is 1. The number of alkyl halides is 3. The number of aromatic nitrogens is 2. The Morgan fingerprint density at radius 2 is 1.84 bits per heavy atom. The van der Waals surface area contributed by atoms with Crippen LogP contribution < -0.4 is 11.1 Å². The molecule has 164 valence electrons. The van der Waals surface area contributed by atoms with E-state index in [9.17, 15) is 22.8 Å². The lowest BCUT2D eigenvalue weighted by Gasteiger charge is -2.16. The highest BCUT2D eigenvalue weighted by molar-refractivity contribution is 6.40. The number of nitrogens with two attached hydrogens (primary N) is 1. The zero-order chi connectivity index (χ0) is 22.9. The Morgan fingerprint density at radius 1 is 1.19 bits per heavy atom. The summed E-state index contributed by atoms with van der Waals surface area (Å²) in [6.45, 7) is -0.501. The molecule has 31 heavy (non-hydrogen) atoms. The van der Waals surface area contributed by atoms with Gasteiger partial charge in [-0.15, -0.1) is 0 Å². The number of imidazole rings is 1. The number of rotatable bonds is 6. The predicted molar refractivity (Wildman–Crippen MR) is 110 cm³/mol. The molecule has 0 unspecified atom stereocenters. The molecule has 0 aliphatic carbocycles. The fraction of sp³-hybridized carbons (Fsp3) is 0.211. The molecule has 1 aromatic carbocycles. The SMILES string of the molecule is CN(CC(N)=O)Cc1c(C(F)(F)F)nc2c(NC(=O)c3c(Cl)cccc3Cl)cccn12. The van der Waals surface area contributed by atoms with Crippen molar-refractivity contribution in [2.45, 2.75) is 12.7 Å². The van der Waals surface area contributed by atoms with Crippen molar-refractivity contribution >= 4 is 46.4 Å². The molecular formula is C19H16Cl2F3N5O2. The topological polar surface area (TPSA) is 92.7 Å². The van der Waals surface area contributed by atoms with Crippen LogP contribution in [0.5, 0.6) is 0 Å². The summed E-state index contributed by atoms with van der Waals surface area (Å²) >= 11 is 12.1. The van der Waals surface area contributed by atoms with Crippen molar-refractivity contribution in [3.8, 4) is 0 Å². The first kappa shape index (κ1) is 22.9. The monoisotopic (exact) mass is 473 g/mol. The molecule has 3 N–H and O–H groups in total. The molecule has 3 rings (SSSR count). The summed E-state index contributed by atoms with van der Waals surface area (Å²) in [6.07, 6.45) is -3.38. The van der Waals surface area contributed by atoms with Gasteiger partial charge in [-0.2, -0.15) is 13.2 Å². The maximum atomic E-state index is 13.7. The van der Waals surface area contributed by atoms with Crippen molar-refractivity contribution in [2.24, 2.45) is 5.73 Å². The molecule has 12 heteroatoms. The minimum Gasteiger partial charge on any atom is -0.369 e. The van der Waals surface area contributed by atoms with Crippen LogP contribution in [0, 0.1) is 0 Å². The van der Waals surface area contributed by atoms with E-state index in [2.05, 4.69) is 10.3 Å². The van der Waals surface area contributed by atoms with E-state index in [1.807, 2.05) is 0 Å². The number of nitrogens with zero attached hydrogens (tertiary/aromatic N) is 3. The van der Waals surface area contributed by atoms with Gasteiger partial charge in [-0.05, 0) is 31.3 Å². The standard InChI is InChI=1S/C19H16Cl2F3N5O2/c1-28(9-14(25)30)8-13-16(19(22,23)24)27-17-12(6-3-7-29(13)17)26-18(31)15-10(20)4-2-5-11(15)21/h2-7H,8-9H2,1H3,(H2,25,30)(H,26,31). The van der Waals surface area contributed by atoms with E-state index >= 15 is 0 Å². The van der Waals surface area contributed by atoms with E-state index in [0.717, 1.165) is 0 Å². The summed E-state index contributed by atoms with van der Waals surface area (Å²) in [4.78, 5) is 28.9. The molecule has 0 aliphatic rings. The van der Waals surface area contributed by atoms with Crippen LogP contribution in [-0.4, -0.2) is 39.7 Å². The Labute approximate surface area is 184 Å². The summed E-state index contributed by atoms with van der Waals surface area (Å²) in [6, 6.07) is 7.35. The number of likely N-dealkylation sites (N-methyl/N-ethyl adjacent to an activating group) is 1. The molecule has 0 saturated carbocycles. The fourth-order valence-corrected chi connectivity index (χ4v) is 3.64. The lowest BCUT2D eigenvalue weighted by molar-refractivity contribution is -0.141. The molecule has 0 atom stereocenters. The van der Waals surface area contributed by atoms with Crippen LogP contribution in [0.1, 0.15) is 21.7 Å². The number of carbonyl (C=O) groups excluding carboxylic acids is 2. The molecule has 0 radical (unpaired) electrons. The van der Waals surface area contributed by atoms with Gasteiger partial charge < -0.3 is 15.5 Å². The molecule has 0 fully saturated rings. The highest BCUT2D eigenvalue weighted by atomic mass is 35.5. The van der Waals surface area contributed by atoms with Crippen LogP contribution in [0.2, 0.25) is 10.0 Å². The minimum absolute atomic E-state index is 0.0168. The smallest absolute Gasteiger partial charge is 0.369 e. The lowest BCUT2D eigenvalue weighted by Crippen LogP contribution is -2.31. The van der Waals surface area contributed by atoms with Crippen molar-refractivity contribution in [3.05, 3.63) is 63.5 Å². The summed E-state index contributed by atoms with van der Waals surface area (Å²) in [5.41, 5.74) is 3.65. The molecule has 2 aromatic heterocycles. The van der Waals surface area contributed by atoms with Gasteiger partial charge in [0.1, 0.15) is 0 Å². The van der Waals surface area contributed by atoms with E-state index in [1.165, 1.54) is 46.8 Å². The molecule has 2 heterocycles. The first-order chi connectivity index (χ1) is 14.5. The van der Waals surface area contributed by atoms with E-state index in [1.54, 1.807) is 6.07 Å². The average molecular weight is 474 g/mol. The Bertz CT molecular complexity index is 1140. The molecule has 0 bridgehead atoms. The minimum atomic E-state index is -4.76. The molecule has 3 aromatic rings. The number of benzene rings is 1. The average Bonchev–Trinajstić information content (AvgIpc) is 3.01. The van der Waals surface area contributed by atoms with E-state index in [4.69, 9.17) is 28.9 Å². The molecule has 0 aliphatic heterocycles. The fourth-order valence-electron chi connectivity index (χ4n) is 3.07. The van der Waals surface area contributed by atoms with Crippen LogP contribution in [-0.2, 0) is 17.5 Å². The maximum absolute atomic E-state index is 13.7. The third kappa shape index (κ3) is 4.92. The van der Waals surface area contributed by atoms with Gasteiger partial charge in [-0.1, -0.05) is 29.3 Å². The second-order valence-corrected chi connectivity index (χ2v) is 7.52. The maximum Gasteiger partial charge on any atom is 0.435 e. The van der Waals surface area contributed by atoms with Crippen LogP contribution in [0.3, 0.4) is 0 Å². The number of primary amides is 1. The highest BCUT2D eigenvalue weighted by Crippen LogP contribution is 2.34. The number of hydrogen-bond acceptors (Lipinski definition) is 4. The summed E-state index contributed by atoms with van der Waals surface area (Å²) in [7, 11) is 1.45. The van der Waals surface area contributed by atoms with Gasteiger partial charge >= 0.3 is 6.18 Å². The number of amides is 2. The summed E-state index contributed by atoms with van der Waals surface area (Å²) < 4.78 is 42.2. The Balaban J connectivity index is 2.07. The lowest BCUT2D eigenvalue weighted by atomic mass is 10.2. The van der Waals surface area contributed by atoms with Gasteiger partial charge in [0.25, 0.3) is 5.91 Å². The number of halogens is 5. The van der Waals surface area contributed by atoms with Crippen LogP contribution in [0.15, 0.2) is 36.5 Å². The van der Waals surface area contributed by atoms with Crippen molar-refractivity contribution in [3.63, 3.8) is 0 Å². The quantitative estimate of drug-likeness (QED) is 0.568. The van der Waals surface area contributed by atoms with Crippen LogP contribution in [0.25, 0.3) is 5.65 Å². The van der Waals surface area contributed by atoms with E-state index in [0.29, 0.717) is 0 Å². The Kier molecular flexibility index (Phi) is 6.44. The number of pyridine rings is 1. The van der Waals surface area contributed by atoms with Crippen LogP contribution >= 0.6 is 23.2 Å². The van der Waals surface area contributed by atoms with Gasteiger partial charge in [0.05, 0.1) is 33.5 Å². The Hall–Kier alpha value is -2.82. The van der Waals surface area contributed by atoms with Gasteiger partial charge in [-0.25, -0.2) is 4.98 Å². The van der Waals surface area contributed by atoms with Gasteiger partial charge in [-0.3, -0.25) is 14.5 Å². The molecular weight excluding hydrogens is 458 g/mol. The molecule has 0 saturated heterocycles. The summed E-state index contributed by atoms with van der Waals surface area (Å²) in [5, 5.41) is 2.69. The number of carbonyl (C=O) groups is 2. The van der Waals surface area contributed by atoms with Crippen molar-refractivity contribution < 1.29 is 22.8 Å². The van der Waals surface area contributed by atoms with Gasteiger partial charge in [0.15, 0.2) is 11.3 Å². The third-order valence-corrected chi connectivity index (χ3v) is 4.93. The van der Waals surface area contributed by atoms with Crippen LogP contribution in [0.4, 0.5) is 18.9 Å². The number of hydrogen-bond donors (Lipinski definition) is 2. The largest absolute Gasteiger partial charge is 0.435 e. The van der Waals surface area contributed by atoms with Crippen molar-refractivity contribution in [1.29, 1.82) is 0 Å². The second-order valence-electron chi connectivity index (χ2n) is 6.71. The van der Waals surface area contributed by atoms with E-state index in [-0.39, 0.29) is 45.7 Å². The second kappa shape index (κ2) is 8.74. The molecule has 0 spiro atoms. The predicted octanol–water partition coefficient (Wildman–Crippen LogP) is 3.83. The van der Waals surface area contributed by atoms with Crippen molar-refractivity contribution in [2.75, 3.05) is 18.9 Å². The zero-order valence-corrected chi connectivity index (χ0v) is 17.5. The van der Waals surface area contributed by atoms with Gasteiger partial charge in [0, 0.05) is 12.7 Å². The third-order valence-electron chi connectivity index (χ3n) is 4.30. The number of anilines is 1. The van der Waals surface area contributed by atoms with Crippen molar-refractivity contribution in [1.82, 2.24) is 14.3 Å². The zero-order valence-electron chi connectivity index (χ0n) is 16.0. The highest BCUT2D eigenvalue weighted by Gasteiger charge is 2.38. The van der Waals surface area contributed by atoms with Gasteiger partial charge in [0.2, 0.25) is 5.91 Å². The molecule has 2 amide bonds. The first-order valence-corrected chi connectivity index (χ1v) is 9.54.